The summed E-state index contributed by atoms with van der Waals surface area (Å²) < 4.78 is 55.7. The number of methoxy groups -OCH3 is 1. The lowest BCUT2D eigenvalue weighted by molar-refractivity contribution is -0.343. The maximum atomic E-state index is 11.6. The van der Waals surface area contributed by atoms with Crippen molar-refractivity contribution in [3.63, 3.8) is 0 Å². The minimum Gasteiger partial charge on any atom is -0.353 e. The van der Waals surface area contributed by atoms with Gasteiger partial charge in [0, 0.05) is 12.7 Å². The Hall–Kier alpha value is -1.07. The fraction of sp³-hybridized carbons (Fsp3) is 0.571. The molecule has 3 heterocycles. The third-order valence-electron chi connectivity index (χ3n) is 4.05. The Morgan fingerprint density at radius 1 is 1.04 bits per heavy atom. The lowest BCUT2D eigenvalue weighted by Crippen LogP contribution is -2.61. The first-order chi connectivity index (χ1) is 11.1. The molecule has 0 radical (unpaired) electrons. The average molecular weight is 344 g/mol. The van der Waals surface area contributed by atoms with Gasteiger partial charge in [0.1, 0.15) is 18.3 Å². The second-order valence-corrected chi connectivity index (χ2v) is 6.69. The molecule has 3 aliphatic heterocycles. The predicted molar refractivity (Wildman–Crippen MR) is 74.3 cm³/mol. The SMILES string of the molecule is CO[C@H]1O[C@@H]2COC(c3ccccc3)O[C@H]2[C@H]2OS(=O)(=O)O[C@@H]12. The monoisotopic (exact) mass is 344 g/mol. The van der Waals surface area contributed by atoms with E-state index in [1.165, 1.54) is 7.11 Å². The Bertz CT molecular complexity index is 663. The summed E-state index contributed by atoms with van der Waals surface area (Å²) in [5, 5.41) is 0. The zero-order chi connectivity index (χ0) is 16.0. The molecule has 9 heteroatoms. The van der Waals surface area contributed by atoms with E-state index in [1.807, 2.05) is 30.3 Å². The van der Waals surface area contributed by atoms with Crippen molar-refractivity contribution < 1.29 is 35.7 Å². The third-order valence-corrected chi connectivity index (χ3v) is 4.96. The van der Waals surface area contributed by atoms with E-state index in [9.17, 15) is 8.42 Å². The summed E-state index contributed by atoms with van der Waals surface area (Å²) >= 11 is 0. The molecule has 3 aliphatic rings. The Balaban J connectivity index is 1.59. The fourth-order valence-electron chi connectivity index (χ4n) is 3.02. The van der Waals surface area contributed by atoms with E-state index in [4.69, 9.17) is 27.3 Å². The van der Waals surface area contributed by atoms with Gasteiger partial charge in [0.05, 0.1) is 6.61 Å². The Kier molecular flexibility index (Phi) is 3.88. The molecule has 8 nitrogen and oxygen atoms in total. The number of ether oxygens (including phenoxy) is 4. The average Bonchev–Trinajstić information content (AvgIpc) is 2.90. The summed E-state index contributed by atoms with van der Waals surface area (Å²) in [6.45, 7) is 0.233. The van der Waals surface area contributed by atoms with Gasteiger partial charge in [-0.3, -0.25) is 0 Å². The number of rotatable bonds is 2. The lowest BCUT2D eigenvalue weighted by atomic mass is 9.98. The smallest absolute Gasteiger partial charge is 0.353 e. The van der Waals surface area contributed by atoms with Crippen LogP contribution in [0.2, 0.25) is 0 Å². The van der Waals surface area contributed by atoms with Crippen LogP contribution in [0.3, 0.4) is 0 Å². The number of fused-ring (bicyclic) bond motifs is 3. The molecular formula is C14H16O8S. The van der Waals surface area contributed by atoms with E-state index in [1.54, 1.807) is 0 Å². The quantitative estimate of drug-likeness (QED) is 0.766. The summed E-state index contributed by atoms with van der Waals surface area (Å²) in [5.41, 5.74) is 0.832. The fourth-order valence-corrected chi connectivity index (χ4v) is 4.03. The molecule has 4 rings (SSSR count). The van der Waals surface area contributed by atoms with E-state index in [0.29, 0.717) is 0 Å². The first kappa shape index (κ1) is 15.5. The van der Waals surface area contributed by atoms with Crippen molar-refractivity contribution in [3.05, 3.63) is 35.9 Å². The molecule has 0 spiro atoms. The molecule has 3 fully saturated rings. The summed E-state index contributed by atoms with van der Waals surface area (Å²) in [4.78, 5) is 0. The van der Waals surface area contributed by atoms with Gasteiger partial charge in [-0.2, -0.15) is 8.42 Å². The number of hydrogen-bond donors (Lipinski definition) is 0. The minimum absolute atomic E-state index is 0.233. The van der Waals surface area contributed by atoms with Crippen LogP contribution in [0.15, 0.2) is 30.3 Å². The number of benzene rings is 1. The van der Waals surface area contributed by atoms with Crippen LogP contribution in [0.4, 0.5) is 0 Å². The standard InChI is InChI=1S/C14H16O8S/c1-17-14-12-11(21-23(15,16)22-12)10-9(19-14)7-18-13(20-10)8-5-3-2-4-6-8/h2-6,9-14H,7H2,1H3/t9-,10-,11-,12-,13?,14+/m1/s1. The summed E-state index contributed by atoms with van der Waals surface area (Å²) in [6, 6.07) is 9.36. The van der Waals surface area contributed by atoms with Crippen LogP contribution in [0.5, 0.6) is 0 Å². The predicted octanol–water partition coefficient (Wildman–Crippen LogP) is 0.501. The highest BCUT2D eigenvalue weighted by Gasteiger charge is 2.58. The molecule has 0 amide bonds. The van der Waals surface area contributed by atoms with Gasteiger partial charge in [0.2, 0.25) is 0 Å². The van der Waals surface area contributed by atoms with Gasteiger partial charge >= 0.3 is 10.4 Å². The molecule has 1 unspecified atom stereocenters. The van der Waals surface area contributed by atoms with Gasteiger partial charge in [-0.1, -0.05) is 30.3 Å². The van der Waals surface area contributed by atoms with Crippen LogP contribution >= 0.6 is 0 Å². The molecule has 1 aromatic rings. The maximum absolute atomic E-state index is 11.6. The second kappa shape index (κ2) is 5.78. The maximum Gasteiger partial charge on any atom is 0.400 e. The second-order valence-electron chi connectivity index (χ2n) is 5.49. The van der Waals surface area contributed by atoms with Crippen molar-refractivity contribution in [2.75, 3.05) is 13.7 Å². The molecule has 0 aliphatic carbocycles. The highest BCUT2D eigenvalue weighted by molar-refractivity contribution is 7.82. The van der Waals surface area contributed by atoms with Gasteiger partial charge in [0.25, 0.3) is 0 Å². The molecule has 3 saturated heterocycles. The largest absolute Gasteiger partial charge is 0.400 e. The topological polar surface area (TPSA) is 89.5 Å². The zero-order valence-electron chi connectivity index (χ0n) is 12.2. The summed E-state index contributed by atoms with van der Waals surface area (Å²) in [5.74, 6) is 0. The van der Waals surface area contributed by atoms with E-state index < -0.39 is 47.4 Å². The number of hydrogen-bond acceptors (Lipinski definition) is 8. The van der Waals surface area contributed by atoms with Crippen LogP contribution in [0.1, 0.15) is 11.9 Å². The van der Waals surface area contributed by atoms with Crippen LogP contribution in [-0.4, -0.2) is 52.8 Å². The summed E-state index contributed by atoms with van der Waals surface area (Å²) in [6.07, 6.45) is -4.35. The van der Waals surface area contributed by atoms with Crippen LogP contribution in [0, 0.1) is 0 Å². The van der Waals surface area contributed by atoms with Crippen LogP contribution in [0.25, 0.3) is 0 Å². The van der Waals surface area contributed by atoms with Gasteiger partial charge in [-0.05, 0) is 0 Å². The highest BCUT2D eigenvalue weighted by atomic mass is 32.3. The van der Waals surface area contributed by atoms with Crippen LogP contribution in [-0.2, 0) is 37.7 Å². The summed E-state index contributed by atoms with van der Waals surface area (Å²) in [7, 11) is -2.67. The Morgan fingerprint density at radius 3 is 2.52 bits per heavy atom. The normalized spacial score (nSPS) is 42.0. The first-order valence-corrected chi connectivity index (χ1v) is 8.52. The van der Waals surface area contributed by atoms with Crippen molar-refractivity contribution in [2.24, 2.45) is 0 Å². The van der Waals surface area contributed by atoms with Gasteiger partial charge in [0.15, 0.2) is 18.7 Å². The van der Waals surface area contributed by atoms with Crippen molar-refractivity contribution in [1.29, 1.82) is 0 Å². The van der Waals surface area contributed by atoms with Gasteiger partial charge in [-0.15, -0.1) is 0 Å². The Morgan fingerprint density at radius 2 is 1.78 bits per heavy atom. The third kappa shape index (κ3) is 2.78. The molecule has 0 saturated carbocycles. The Labute approximate surface area is 133 Å². The molecule has 6 atom stereocenters. The zero-order valence-corrected chi connectivity index (χ0v) is 13.0. The van der Waals surface area contributed by atoms with E-state index in [2.05, 4.69) is 0 Å². The minimum atomic E-state index is -4.09. The highest BCUT2D eigenvalue weighted by Crippen LogP contribution is 2.40. The van der Waals surface area contributed by atoms with Crippen molar-refractivity contribution in [3.8, 4) is 0 Å². The van der Waals surface area contributed by atoms with E-state index in [-0.39, 0.29) is 6.61 Å². The molecule has 23 heavy (non-hydrogen) atoms. The first-order valence-electron chi connectivity index (χ1n) is 7.19. The van der Waals surface area contributed by atoms with E-state index >= 15 is 0 Å². The van der Waals surface area contributed by atoms with Crippen molar-refractivity contribution >= 4 is 10.4 Å². The molecular weight excluding hydrogens is 328 g/mol. The van der Waals surface area contributed by atoms with Crippen molar-refractivity contribution in [1.82, 2.24) is 0 Å². The molecule has 0 aromatic heterocycles. The lowest BCUT2D eigenvalue weighted by Gasteiger charge is -2.44. The van der Waals surface area contributed by atoms with Crippen LogP contribution < -0.4 is 0 Å². The molecule has 1 aromatic carbocycles. The molecule has 0 bridgehead atoms. The molecule has 126 valence electrons. The van der Waals surface area contributed by atoms with Crippen molar-refractivity contribution in [2.45, 2.75) is 37.0 Å². The van der Waals surface area contributed by atoms with Gasteiger partial charge in [-0.25, -0.2) is 8.37 Å². The van der Waals surface area contributed by atoms with Gasteiger partial charge < -0.3 is 18.9 Å². The molecule has 0 N–H and O–H groups in total. The van der Waals surface area contributed by atoms with E-state index in [0.717, 1.165) is 5.56 Å².